The van der Waals surface area contributed by atoms with Crippen LogP contribution < -0.4 is 0 Å². The molecular weight excluding hydrogens is 306 g/mol. The number of nitrogens with zero attached hydrogens (tertiary/aromatic N) is 1. The third kappa shape index (κ3) is 2.61. The van der Waals surface area contributed by atoms with Crippen molar-refractivity contribution in [2.45, 2.75) is 38.1 Å². The summed E-state index contributed by atoms with van der Waals surface area (Å²) in [6.07, 6.45) is 0.391. The zero-order valence-corrected chi connectivity index (χ0v) is 13.6. The molecule has 0 N–H and O–H groups in total. The van der Waals surface area contributed by atoms with E-state index in [0.29, 0.717) is 10.7 Å². The van der Waals surface area contributed by atoms with Crippen molar-refractivity contribution in [2.75, 3.05) is 6.61 Å². The Bertz CT molecular complexity index is 680. The molecular formula is C15H19NO5S. The van der Waals surface area contributed by atoms with Crippen LogP contribution in [0.5, 0.6) is 0 Å². The first-order valence-electron chi connectivity index (χ1n) is 7.16. The Labute approximate surface area is 130 Å². The fourth-order valence-corrected chi connectivity index (χ4v) is 4.11. The number of amides is 1. The van der Waals surface area contributed by atoms with E-state index in [2.05, 4.69) is 0 Å². The van der Waals surface area contributed by atoms with Crippen LogP contribution in [0.3, 0.4) is 0 Å². The highest BCUT2D eigenvalue weighted by Gasteiger charge is 2.57. The number of sulfonamides is 1. The summed E-state index contributed by atoms with van der Waals surface area (Å²) in [6, 6.07) is 5.09. The van der Waals surface area contributed by atoms with Crippen LogP contribution in [-0.2, 0) is 24.3 Å². The molecule has 120 valence electrons. The Morgan fingerprint density at radius 2 is 1.82 bits per heavy atom. The van der Waals surface area contributed by atoms with Gasteiger partial charge in [-0.3, -0.25) is 4.79 Å². The number of carbonyl (C=O) groups excluding carboxylic acids is 2. The number of hydrogen-bond donors (Lipinski definition) is 0. The first-order valence-corrected chi connectivity index (χ1v) is 8.60. The molecule has 0 unspecified atom stereocenters. The van der Waals surface area contributed by atoms with Gasteiger partial charge in [-0.15, -0.1) is 0 Å². The smallest absolute Gasteiger partial charge is 0.330 e. The summed E-state index contributed by atoms with van der Waals surface area (Å²) < 4.78 is 30.8. The van der Waals surface area contributed by atoms with Crippen LogP contribution in [0.1, 0.15) is 25.8 Å². The molecule has 7 heteroatoms. The minimum Gasteiger partial charge on any atom is -0.464 e. The van der Waals surface area contributed by atoms with E-state index in [1.54, 1.807) is 26.0 Å². The molecule has 1 heterocycles. The Kier molecular flexibility index (Phi) is 4.55. The first kappa shape index (κ1) is 16.5. The second-order valence-corrected chi connectivity index (χ2v) is 6.98. The molecule has 1 aliphatic rings. The van der Waals surface area contributed by atoms with E-state index in [0.717, 1.165) is 5.56 Å². The van der Waals surface area contributed by atoms with Crippen LogP contribution in [0.2, 0.25) is 0 Å². The molecule has 22 heavy (non-hydrogen) atoms. The summed E-state index contributed by atoms with van der Waals surface area (Å²) in [5, 5.41) is 0. The molecule has 0 aromatic heterocycles. The number of rotatable bonds is 5. The highest BCUT2D eigenvalue weighted by atomic mass is 32.2. The molecule has 1 aromatic rings. The van der Waals surface area contributed by atoms with Crippen LogP contribution in [0, 0.1) is 12.8 Å². The Balaban J connectivity index is 2.38. The summed E-state index contributed by atoms with van der Waals surface area (Å²) in [6.45, 7) is 5.35. The van der Waals surface area contributed by atoms with Crippen molar-refractivity contribution in [3.8, 4) is 0 Å². The number of esters is 1. The van der Waals surface area contributed by atoms with Crippen molar-refractivity contribution >= 4 is 21.9 Å². The average Bonchev–Trinajstić information content (AvgIpc) is 2.45. The highest BCUT2D eigenvalue weighted by Crippen LogP contribution is 2.35. The van der Waals surface area contributed by atoms with Crippen molar-refractivity contribution in [3.05, 3.63) is 29.8 Å². The lowest BCUT2D eigenvalue weighted by atomic mass is 9.88. The highest BCUT2D eigenvalue weighted by molar-refractivity contribution is 7.89. The zero-order valence-electron chi connectivity index (χ0n) is 12.8. The van der Waals surface area contributed by atoms with Gasteiger partial charge < -0.3 is 4.74 Å². The molecule has 1 aromatic carbocycles. The van der Waals surface area contributed by atoms with Crippen LogP contribution in [-0.4, -0.2) is 37.2 Å². The summed E-state index contributed by atoms with van der Waals surface area (Å²) in [5.41, 5.74) is 0.905. The van der Waals surface area contributed by atoms with Crippen molar-refractivity contribution < 1.29 is 22.7 Å². The van der Waals surface area contributed by atoms with Crippen LogP contribution in [0.25, 0.3) is 0 Å². The standard InChI is InChI=1S/C15H19NO5S/c1-4-12-13(15(18)21-5-2)16(14(12)17)22(19,20)11-8-6-10(3)7-9-11/h6-9,12-13H,4-5H2,1-3H3/t12-,13+/m0/s1. The van der Waals surface area contributed by atoms with Gasteiger partial charge in [0, 0.05) is 0 Å². The van der Waals surface area contributed by atoms with Gasteiger partial charge in [0.1, 0.15) is 0 Å². The van der Waals surface area contributed by atoms with E-state index in [-0.39, 0.29) is 11.5 Å². The lowest BCUT2D eigenvalue weighted by Gasteiger charge is -2.43. The topological polar surface area (TPSA) is 80.8 Å². The molecule has 0 bridgehead atoms. The average molecular weight is 325 g/mol. The largest absolute Gasteiger partial charge is 0.464 e. The molecule has 2 atom stereocenters. The van der Waals surface area contributed by atoms with Gasteiger partial charge in [0.15, 0.2) is 6.04 Å². The van der Waals surface area contributed by atoms with Crippen molar-refractivity contribution in [1.82, 2.24) is 4.31 Å². The zero-order chi connectivity index (χ0) is 16.5. The quantitative estimate of drug-likeness (QED) is 0.605. The van der Waals surface area contributed by atoms with Crippen LogP contribution in [0.4, 0.5) is 0 Å². The second kappa shape index (κ2) is 6.08. The normalized spacial score (nSPS) is 21.4. The molecule has 0 aliphatic carbocycles. The fourth-order valence-electron chi connectivity index (χ4n) is 2.49. The van der Waals surface area contributed by atoms with Gasteiger partial charge in [0.05, 0.1) is 17.4 Å². The third-order valence-corrected chi connectivity index (χ3v) is 5.51. The van der Waals surface area contributed by atoms with Gasteiger partial charge in [-0.25, -0.2) is 17.5 Å². The van der Waals surface area contributed by atoms with Gasteiger partial charge in [-0.2, -0.15) is 0 Å². The third-order valence-electron chi connectivity index (χ3n) is 3.71. The second-order valence-electron chi connectivity index (χ2n) is 5.16. The maximum Gasteiger partial charge on any atom is 0.330 e. The molecule has 0 radical (unpaired) electrons. The van der Waals surface area contributed by atoms with Gasteiger partial charge in [0.25, 0.3) is 10.0 Å². The van der Waals surface area contributed by atoms with Gasteiger partial charge in [-0.05, 0) is 32.4 Å². The van der Waals surface area contributed by atoms with Crippen LogP contribution in [0.15, 0.2) is 29.2 Å². The van der Waals surface area contributed by atoms with E-state index in [1.165, 1.54) is 12.1 Å². The van der Waals surface area contributed by atoms with Gasteiger partial charge in [0.2, 0.25) is 5.91 Å². The molecule has 1 fully saturated rings. The lowest BCUT2D eigenvalue weighted by Crippen LogP contribution is -2.66. The minimum atomic E-state index is -4.04. The van der Waals surface area contributed by atoms with E-state index < -0.39 is 33.9 Å². The van der Waals surface area contributed by atoms with E-state index in [9.17, 15) is 18.0 Å². The Morgan fingerprint density at radius 3 is 2.32 bits per heavy atom. The minimum absolute atomic E-state index is 0.00435. The predicted molar refractivity (Wildman–Crippen MR) is 79.4 cm³/mol. The molecule has 0 spiro atoms. The summed E-state index contributed by atoms with van der Waals surface area (Å²) in [4.78, 5) is 24.1. The number of hydrogen-bond acceptors (Lipinski definition) is 5. The number of aryl methyl sites for hydroxylation is 1. The molecule has 6 nitrogen and oxygen atoms in total. The Hall–Kier alpha value is -1.89. The lowest BCUT2D eigenvalue weighted by molar-refractivity contribution is -0.166. The van der Waals surface area contributed by atoms with Crippen LogP contribution >= 0.6 is 0 Å². The molecule has 2 rings (SSSR count). The van der Waals surface area contributed by atoms with Gasteiger partial charge in [-0.1, -0.05) is 24.6 Å². The number of β-lactam (4-membered cyclic amide) rings is 1. The SMILES string of the molecule is CCOC(=O)[C@H]1[C@H](CC)C(=O)N1S(=O)(=O)c1ccc(C)cc1. The van der Waals surface area contributed by atoms with E-state index in [1.807, 2.05) is 6.92 Å². The molecule has 0 saturated carbocycles. The Morgan fingerprint density at radius 1 is 1.23 bits per heavy atom. The number of benzene rings is 1. The number of ether oxygens (including phenoxy) is 1. The van der Waals surface area contributed by atoms with Crippen molar-refractivity contribution in [2.24, 2.45) is 5.92 Å². The maximum absolute atomic E-state index is 12.6. The number of carbonyl (C=O) groups is 2. The van der Waals surface area contributed by atoms with Crippen molar-refractivity contribution in [1.29, 1.82) is 0 Å². The predicted octanol–water partition coefficient (Wildman–Crippen LogP) is 1.48. The summed E-state index contributed by atoms with van der Waals surface area (Å²) >= 11 is 0. The van der Waals surface area contributed by atoms with Gasteiger partial charge >= 0.3 is 5.97 Å². The maximum atomic E-state index is 12.6. The summed E-state index contributed by atoms with van der Waals surface area (Å²) in [7, 11) is -4.04. The molecule has 1 aliphatic heterocycles. The first-order chi connectivity index (χ1) is 10.3. The fraction of sp³-hybridized carbons (Fsp3) is 0.467. The van der Waals surface area contributed by atoms with E-state index in [4.69, 9.17) is 4.74 Å². The van der Waals surface area contributed by atoms with E-state index >= 15 is 0 Å². The van der Waals surface area contributed by atoms with Crippen molar-refractivity contribution in [3.63, 3.8) is 0 Å². The monoisotopic (exact) mass is 325 g/mol. The molecule has 1 saturated heterocycles. The summed E-state index contributed by atoms with van der Waals surface area (Å²) in [5.74, 6) is -1.87. The molecule has 1 amide bonds.